The SMILES string of the molecule is CC(C)CCNC1C(=O)C(N)c2cccc(C(=O)OC(C)(C)C)c2C1C(=O)OC(C)(C)C. The Bertz CT molecular complexity index is 864. The molecule has 0 radical (unpaired) electrons. The van der Waals surface area contributed by atoms with Crippen molar-refractivity contribution in [3.05, 3.63) is 34.9 Å². The van der Waals surface area contributed by atoms with Crippen LogP contribution in [0.15, 0.2) is 18.2 Å². The summed E-state index contributed by atoms with van der Waals surface area (Å²) in [5, 5.41) is 3.22. The lowest BCUT2D eigenvalue weighted by atomic mass is 9.73. The van der Waals surface area contributed by atoms with Crippen LogP contribution in [0.5, 0.6) is 0 Å². The molecule has 0 amide bonds. The first-order valence-electron chi connectivity index (χ1n) is 11.2. The molecule has 0 fully saturated rings. The number of nitrogens with one attached hydrogen (secondary N) is 1. The minimum Gasteiger partial charge on any atom is -0.459 e. The van der Waals surface area contributed by atoms with E-state index in [2.05, 4.69) is 19.2 Å². The van der Waals surface area contributed by atoms with Crippen LogP contribution in [0, 0.1) is 5.92 Å². The zero-order chi connectivity index (χ0) is 24.4. The van der Waals surface area contributed by atoms with E-state index in [-0.39, 0.29) is 11.3 Å². The number of fused-ring (bicyclic) bond motifs is 1. The van der Waals surface area contributed by atoms with Gasteiger partial charge >= 0.3 is 11.9 Å². The first-order valence-corrected chi connectivity index (χ1v) is 11.2. The van der Waals surface area contributed by atoms with Gasteiger partial charge in [-0.05, 0) is 77.6 Å². The maximum absolute atomic E-state index is 13.4. The lowest BCUT2D eigenvalue weighted by molar-refractivity contribution is -0.159. The van der Waals surface area contributed by atoms with E-state index < -0.39 is 41.1 Å². The summed E-state index contributed by atoms with van der Waals surface area (Å²) in [6, 6.07) is 3.10. The number of Topliss-reactive ketones (excluding diaryl/α,β-unsaturated/α-hetero) is 1. The van der Waals surface area contributed by atoms with Gasteiger partial charge in [-0.15, -0.1) is 0 Å². The third kappa shape index (κ3) is 6.39. The van der Waals surface area contributed by atoms with E-state index in [4.69, 9.17) is 15.2 Å². The summed E-state index contributed by atoms with van der Waals surface area (Å²) in [5.41, 5.74) is 5.91. The molecule has 32 heavy (non-hydrogen) atoms. The lowest BCUT2D eigenvalue weighted by Gasteiger charge is -2.37. The fourth-order valence-corrected chi connectivity index (χ4v) is 3.76. The molecule has 2 rings (SSSR count). The summed E-state index contributed by atoms with van der Waals surface area (Å²) < 4.78 is 11.3. The summed E-state index contributed by atoms with van der Waals surface area (Å²) in [4.78, 5) is 39.7. The highest BCUT2D eigenvalue weighted by atomic mass is 16.6. The number of rotatable bonds is 6. The number of carbonyl (C=O) groups is 3. The molecular weight excluding hydrogens is 408 g/mol. The van der Waals surface area contributed by atoms with Gasteiger partial charge in [-0.1, -0.05) is 26.0 Å². The Hall–Kier alpha value is -2.25. The molecule has 0 saturated carbocycles. The van der Waals surface area contributed by atoms with Gasteiger partial charge in [-0.25, -0.2) is 4.79 Å². The van der Waals surface area contributed by atoms with Crippen molar-refractivity contribution < 1.29 is 23.9 Å². The van der Waals surface area contributed by atoms with Crippen LogP contribution in [-0.2, 0) is 19.1 Å². The minimum absolute atomic E-state index is 0.229. The molecule has 3 unspecified atom stereocenters. The molecule has 0 saturated heterocycles. The molecule has 3 atom stereocenters. The Morgan fingerprint density at radius 1 is 1.06 bits per heavy atom. The van der Waals surface area contributed by atoms with Crippen LogP contribution >= 0.6 is 0 Å². The molecule has 7 nitrogen and oxygen atoms in total. The minimum atomic E-state index is -1.01. The summed E-state index contributed by atoms with van der Waals surface area (Å²) in [7, 11) is 0. The topological polar surface area (TPSA) is 108 Å². The fourth-order valence-electron chi connectivity index (χ4n) is 3.76. The smallest absolute Gasteiger partial charge is 0.338 e. The number of hydrogen-bond donors (Lipinski definition) is 2. The highest BCUT2D eigenvalue weighted by molar-refractivity contribution is 6.03. The van der Waals surface area contributed by atoms with Gasteiger partial charge in [-0.3, -0.25) is 9.59 Å². The summed E-state index contributed by atoms with van der Waals surface area (Å²) in [6.07, 6.45) is 0.820. The van der Waals surface area contributed by atoms with Crippen LogP contribution in [-0.4, -0.2) is 41.5 Å². The first kappa shape index (κ1) is 26.0. The standard InChI is InChI=1S/C25H38N2O5/c1-14(2)12-13-27-20-18(23(30)32-25(6,7)8)17-15(19(26)21(20)28)10-9-11-16(17)22(29)31-24(3,4)5/h9-11,14,18-20,27H,12-13,26H2,1-8H3. The zero-order valence-corrected chi connectivity index (χ0v) is 20.6. The van der Waals surface area contributed by atoms with Crippen LogP contribution < -0.4 is 11.1 Å². The molecule has 1 aliphatic carbocycles. The number of ether oxygens (including phenoxy) is 2. The van der Waals surface area contributed by atoms with Crippen molar-refractivity contribution in [1.82, 2.24) is 5.32 Å². The third-order valence-electron chi connectivity index (χ3n) is 5.10. The molecule has 0 aromatic heterocycles. The number of carbonyl (C=O) groups excluding carboxylic acids is 3. The maximum atomic E-state index is 13.4. The molecular formula is C25H38N2O5. The van der Waals surface area contributed by atoms with Crippen molar-refractivity contribution in [1.29, 1.82) is 0 Å². The second-order valence-electron chi connectivity index (χ2n) is 10.8. The normalized spacial score (nSPS) is 21.3. The predicted octanol–water partition coefficient (Wildman–Crippen LogP) is 3.65. The van der Waals surface area contributed by atoms with Gasteiger partial charge in [0.05, 0.1) is 17.6 Å². The van der Waals surface area contributed by atoms with Crippen LogP contribution in [0.2, 0.25) is 0 Å². The van der Waals surface area contributed by atoms with Crippen molar-refractivity contribution in [2.45, 2.75) is 91.0 Å². The molecule has 178 valence electrons. The number of esters is 2. The zero-order valence-electron chi connectivity index (χ0n) is 20.6. The molecule has 1 aromatic rings. The Labute approximate surface area is 191 Å². The van der Waals surface area contributed by atoms with Gasteiger partial charge in [0.2, 0.25) is 0 Å². The van der Waals surface area contributed by atoms with E-state index in [0.29, 0.717) is 23.6 Å². The van der Waals surface area contributed by atoms with Crippen LogP contribution in [0.1, 0.15) is 95.3 Å². The lowest BCUT2D eigenvalue weighted by Crippen LogP contribution is -2.53. The molecule has 0 heterocycles. The van der Waals surface area contributed by atoms with Crippen molar-refractivity contribution in [3.8, 4) is 0 Å². The third-order valence-corrected chi connectivity index (χ3v) is 5.10. The van der Waals surface area contributed by atoms with Gasteiger partial charge in [0, 0.05) is 0 Å². The molecule has 0 spiro atoms. The summed E-state index contributed by atoms with van der Waals surface area (Å²) in [5.74, 6) is -2.02. The number of hydrogen-bond acceptors (Lipinski definition) is 7. The van der Waals surface area contributed by atoms with E-state index in [1.807, 2.05) is 0 Å². The van der Waals surface area contributed by atoms with E-state index in [9.17, 15) is 14.4 Å². The molecule has 0 bridgehead atoms. The van der Waals surface area contributed by atoms with Crippen molar-refractivity contribution >= 4 is 17.7 Å². The van der Waals surface area contributed by atoms with E-state index in [0.717, 1.165) is 6.42 Å². The van der Waals surface area contributed by atoms with Gasteiger partial charge < -0.3 is 20.5 Å². The fraction of sp³-hybridized carbons (Fsp3) is 0.640. The van der Waals surface area contributed by atoms with E-state index in [1.165, 1.54) is 0 Å². The Morgan fingerprint density at radius 3 is 2.19 bits per heavy atom. The first-order chi connectivity index (χ1) is 14.6. The largest absolute Gasteiger partial charge is 0.459 e. The van der Waals surface area contributed by atoms with Crippen LogP contribution in [0.4, 0.5) is 0 Å². The highest BCUT2D eigenvalue weighted by Gasteiger charge is 2.47. The van der Waals surface area contributed by atoms with Crippen molar-refractivity contribution in [2.24, 2.45) is 11.7 Å². The van der Waals surface area contributed by atoms with Crippen molar-refractivity contribution in [2.75, 3.05) is 6.54 Å². The second-order valence-corrected chi connectivity index (χ2v) is 10.8. The van der Waals surface area contributed by atoms with Crippen LogP contribution in [0.25, 0.3) is 0 Å². The highest BCUT2D eigenvalue weighted by Crippen LogP contribution is 2.39. The van der Waals surface area contributed by atoms with Crippen LogP contribution in [0.3, 0.4) is 0 Å². The molecule has 3 N–H and O–H groups in total. The van der Waals surface area contributed by atoms with Crippen molar-refractivity contribution in [3.63, 3.8) is 0 Å². The Balaban J connectivity index is 2.62. The average molecular weight is 447 g/mol. The van der Waals surface area contributed by atoms with E-state index in [1.54, 1.807) is 59.7 Å². The maximum Gasteiger partial charge on any atom is 0.338 e. The van der Waals surface area contributed by atoms with Gasteiger partial charge in [0.25, 0.3) is 0 Å². The Morgan fingerprint density at radius 2 is 1.66 bits per heavy atom. The summed E-state index contributed by atoms with van der Waals surface area (Å²) in [6.45, 7) is 15.3. The van der Waals surface area contributed by atoms with E-state index >= 15 is 0 Å². The monoisotopic (exact) mass is 446 g/mol. The molecule has 7 heteroatoms. The number of ketones is 1. The van der Waals surface area contributed by atoms with Gasteiger partial charge in [-0.2, -0.15) is 0 Å². The second kappa shape index (κ2) is 9.71. The molecule has 0 aliphatic heterocycles. The van der Waals surface area contributed by atoms with Gasteiger partial charge in [0.1, 0.15) is 17.1 Å². The molecule has 1 aromatic carbocycles. The predicted molar refractivity (Wildman–Crippen MR) is 123 cm³/mol. The average Bonchev–Trinajstić information content (AvgIpc) is 2.62. The number of nitrogens with two attached hydrogens (primary N) is 1. The number of benzene rings is 1. The summed E-state index contributed by atoms with van der Waals surface area (Å²) >= 11 is 0. The quantitative estimate of drug-likeness (QED) is 0.642. The molecule has 1 aliphatic rings. The Kier molecular flexibility index (Phi) is 7.89. The van der Waals surface area contributed by atoms with Gasteiger partial charge in [0.15, 0.2) is 5.78 Å².